The van der Waals surface area contributed by atoms with E-state index in [9.17, 15) is 4.79 Å². The van der Waals surface area contributed by atoms with Crippen LogP contribution in [0.3, 0.4) is 0 Å². The second-order valence-electron chi connectivity index (χ2n) is 5.00. The molecule has 5 heteroatoms. The van der Waals surface area contributed by atoms with Gasteiger partial charge in [-0.2, -0.15) is 0 Å². The van der Waals surface area contributed by atoms with Crippen molar-refractivity contribution in [1.82, 2.24) is 4.90 Å². The van der Waals surface area contributed by atoms with Gasteiger partial charge in [0.25, 0.3) is 0 Å². The lowest BCUT2D eigenvalue weighted by molar-refractivity contribution is 0.0108. The molecule has 110 valence electrons. The Labute approximate surface area is 119 Å². The van der Waals surface area contributed by atoms with E-state index in [1.807, 2.05) is 7.05 Å². The van der Waals surface area contributed by atoms with Crippen LogP contribution in [0.25, 0.3) is 0 Å². The zero-order valence-electron chi connectivity index (χ0n) is 12.2. The summed E-state index contributed by atoms with van der Waals surface area (Å²) in [5.41, 5.74) is 0.482. The molecule has 0 aliphatic carbocycles. The summed E-state index contributed by atoms with van der Waals surface area (Å²) in [6.45, 7) is 1.85. The smallest absolute Gasteiger partial charge is 0.338 e. The van der Waals surface area contributed by atoms with E-state index in [2.05, 4.69) is 4.90 Å². The van der Waals surface area contributed by atoms with Crippen LogP contribution in [0.4, 0.5) is 0 Å². The first kappa shape index (κ1) is 14.7. The second-order valence-corrected chi connectivity index (χ2v) is 5.00. The molecule has 0 radical (unpaired) electrons. The molecule has 1 aliphatic rings. The highest BCUT2D eigenvalue weighted by Crippen LogP contribution is 2.28. The van der Waals surface area contributed by atoms with E-state index < -0.39 is 0 Å². The molecule has 1 fully saturated rings. The standard InChI is InChI=1S/C15H21NO4/c1-16-8-4-5-12(10-16)20-15(17)11-6-7-13(18-2)14(9-11)19-3/h6-7,9,12H,4-5,8,10H2,1-3H3/t12-/m0/s1. The predicted molar refractivity (Wildman–Crippen MR) is 75.5 cm³/mol. The molecule has 1 atom stereocenters. The predicted octanol–water partition coefficient (Wildman–Crippen LogP) is 1.95. The van der Waals surface area contributed by atoms with Crippen molar-refractivity contribution >= 4 is 5.97 Å². The molecular weight excluding hydrogens is 258 g/mol. The quantitative estimate of drug-likeness (QED) is 0.788. The van der Waals surface area contributed by atoms with Gasteiger partial charge in [-0.25, -0.2) is 4.79 Å². The van der Waals surface area contributed by atoms with E-state index in [-0.39, 0.29) is 12.1 Å². The van der Waals surface area contributed by atoms with Gasteiger partial charge in [-0.1, -0.05) is 0 Å². The molecule has 0 N–H and O–H groups in total. The topological polar surface area (TPSA) is 48.0 Å². The Kier molecular flexibility index (Phi) is 4.84. The normalized spacial score (nSPS) is 19.4. The lowest BCUT2D eigenvalue weighted by Crippen LogP contribution is -2.38. The Hall–Kier alpha value is -1.75. The van der Waals surface area contributed by atoms with Gasteiger partial charge in [-0.3, -0.25) is 0 Å². The molecule has 0 bridgehead atoms. The van der Waals surface area contributed by atoms with Crippen LogP contribution in [-0.4, -0.2) is 51.3 Å². The SMILES string of the molecule is COc1ccc(C(=O)O[C@H]2CCCN(C)C2)cc1OC. The number of methoxy groups -OCH3 is 2. The molecule has 1 aromatic rings. The highest BCUT2D eigenvalue weighted by molar-refractivity contribution is 5.90. The third-order valence-electron chi connectivity index (χ3n) is 3.47. The van der Waals surface area contributed by atoms with Gasteiger partial charge >= 0.3 is 5.97 Å². The van der Waals surface area contributed by atoms with Crippen molar-refractivity contribution in [2.75, 3.05) is 34.4 Å². The van der Waals surface area contributed by atoms with Gasteiger partial charge in [-0.15, -0.1) is 0 Å². The van der Waals surface area contributed by atoms with Crippen LogP contribution in [0.5, 0.6) is 11.5 Å². The molecule has 0 spiro atoms. The summed E-state index contributed by atoms with van der Waals surface area (Å²) in [4.78, 5) is 14.3. The average Bonchev–Trinajstić information content (AvgIpc) is 2.46. The monoisotopic (exact) mass is 279 g/mol. The van der Waals surface area contributed by atoms with Crippen LogP contribution in [0.15, 0.2) is 18.2 Å². The minimum absolute atomic E-state index is 0.0330. The maximum absolute atomic E-state index is 12.2. The molecule has 0 unspecified atom stereocenters. The number of hydrogen-bond acceptors (Lipinski definition) is 5. The van der Waals surface area contributed by atoms with Crippen molar-refractivity contribution in [3.63, 3.8) is 0 Å². The van der Waals surface area contributed by atoms with E-state index in [0.29, 0.717) is 17.1 Å². The molecule has 0 saturated carbocycles. The summed E-state index contributed by atoms with van der Waals surface area (Å²) in [6.07, 6.45) is 1.94. The number of likely N-dealkylation sites (tertiary alicyclic amines) is 1. The Balaban J connectivity index is 2.05. The van der Waals surface area contributed by atoms with E-state index in [1.54, 1.807) is 32.4 Å². The molecule has 1 saturated heterocycles. The summed E-state index contributed by atoms with van der Waals surface area (Å²) < 4.78 is 15.9. The van der Waals surface area contributed by atoms with Gasteiger partial charge in [0.2, 0.25) is 0 Å². The van der Waals surface area contributed by atoms with Crippen molar-refractivity contribution in [3.05, 3.63) is 23.8 Å². The van der Waals surface area contributed by atoms with Gasteiger partial charge in [0.1, 0.15) is 6.10 Å². The lowest BCUT2D eigenvalue weighted by Gasteiger charge is -2.29. The Morgan fingerprint density at radius 3 is 2.65 bits per heavy atom. The Morgan fingerprint density at radius 2 is 2.00 bits per heavy atom. The van der Waals surface area contributed by atoms with Gasteiger partial charge < -0.3 is 19.1 Å². The molecule has 5 nitrogen and oxygen atoms in total. The third-order valence-corrected chi connectivity index (χ3v) is 3.47. The molecule has 0 amide bonds. The number of rotatable bonds is 4. The first-order valence-corrected chi connectivity index (χ1v) is 6.75. The summed E-state index contributed by atoms with van der Waals surface area (Å²) in [5.74, 6) is 0.815. The highest BCUT2D eigenvalue weighted by atomic mass is 16.5. The number of benzene rings is 1. The van der Waals surface area contributed by atoms with Crippen molar-refractivity contribution in [1.29, 1.82) is 0 Å². The van der Waals surface area contributed by atoms with Crippen molar-refractivity contribution in [2.24, 2.45) is 0 Å². The number of ether oxygens (including phenoxy) is 3. The summed E-state index contributed by atoms with van der Waals surface area (Å²) in [5, 5.41) is 0. The molecule has 1 heterocycles. The molecular formula is C15H21NO4. The van der Waals surface area contributed by atoms with E-state index in [0.717, 1.165) is 25.9 Å². The van der Waals surface area contributed by atoms with Crippen molar-refractivity contribution < 1.29 is 19.0 Å². The summed E-state index contributed by atoms with van der Waals surface area (Å²) in [7, 11) is 5.15. The Morgan fingerprint density at radius 1 is 1.25 bits per heavy atom. The first-order chi connectivity index (χ1) is 9.63. The van der Waals surface area contributed by atoms with Crippen LogP contribution >= 0.6 is 0 Å². The maximum atomic E-state index is 12.2. The van der Waals surface area contributed by atoms with E-state index in [4.69, 9.17) is 14.2 Å². The van der Waals surface area contributed by atoms with Gasteiger partial charge in [0.05, 0.1) is 19.8 Å². The van der Waals surface area contributed by atoms with Crippen LogP contribution in [-0.2, 0) is 4.74 Å². The lowest BCUT2D eigenvalue weighted by atomic mass is 10.1. The fourth-order valence-electron chi connectivity index (χ4n) is 2.40. The van der Waals surface area contributed by atoms with Gasteiger partial charge in [-0.05, 0) is 44.6 Å². The number of hydrogen-bond donors (Lipinski definition) is 0. The zero-order chi connectivity index (χ0) is 14.5. The maximum Gasteiger partial charge on any atom is 0.338 e. The summed E-state index contributed by atoms with van der Waals surface area (Å²) in [6, 6.07) is 5.05. The van der Waals surface area contributed by atoms with Crippen molar-refractivity contribution in [3.8, 4) is 11.5 Å². The molecule has 1 aliphatic heterocycles. The fourth-order valence-corrected chi connectivity index (χ4v) is 2.40. The van der Waals surface area contributed by atoms with Crippen LogP contribution in [0.2, 0.25) is 0 Å². The largest absolute Gasteiger partial charge is 0.493 e. The van der Waals surface area contributed by atoms with Gasteiger partial charge in [0, 0.05) is 6.54 Å². The number of carbonyl (C=O) groups excluding carboxylic acids is 1. The van der Waals surface area contributed by atoms with Crippen molar-refractivity contribution in [2.45, 2.75) is 18.9 Å². The Bertz CT molecular complexity index is 475. The number of likely N-dealkylation sites (N-methyl/N-ethyl adjacent to an activating group) is 1. The van der Waals surface area contributed by atoms with E-state index in [1.165, 1.54) is 0 Å². The highest BCUT2D eigenvalue weighted by Gasteiger charge is 2.22. The summed E-state index contributed by atoms with van der Waals surface area (Å²) >= 11 is 0. The number of esters is 1. The third kappa shape index (κ3) is 3.42. The minimum atomic E-state index is -0.314. The molecule has 2 rings (SSSR count). The van der Waals surface area contributed by atoms with E-state index >= 15 is 0 Å². The number of piperidine rings is 1. The molecule has 20 heavy (non-hydrogen) atoms. The second kappa shape index (κ2) is 6.61. The number of carbonyl (C=O) groups is 1. The molecule has 1 aromatic carbocycles. The minimum Gasteiger partial charge on any atom is -0.493 e. The zero-order valence-corrected chi connectivity index (χ0v) is 12.2. The first-order valence-electron chi connectivity index (χ1n) is 6.75. The van der Waals surface area contributed by atoms with Gasteiger partial charge in [0.15, 0.2) is 11.5 Å². The van der Waals surface area contributed by atoms with Crippen LogP contribution in [0, 0.1) is 0 Å². The van der Waals surface area contributed by atoms with Crippen LogP contribution < -0.4 is 9.47 Å². The number of nitrogens with zero attached hydrogens (tertiary/aromatic N) is 1. The fraction of sp³-hybridized carbons (Fsp3) is 0.533. The average molecular weight is 279 g/mol. The molecule has 0 aromatic heterocycles. The van der Waals surface area contributed by atoms with Crippen LogP contribution in [0.1, 0.15) is 23.2 Å².